The second kappa shape index (κ2) is 3.41. The lowest BCUT2D eigenvalue weighted by Crippen LogP contribution is -2.50. The summed E-state index contributed by atoms with van der Waals surface area (Å²) in [5, 5.41) is 19.8. The van der Waals surface area contributed by atoms with Crippen LogP contribution in [-0.2, 0) is 4.79 Å². The number of rotatable bonds is 4. The first kappa shape index (κ1) is 11.4. The molecule has 1 atom stereocenters. The summed E-state index contributed by atoms with van der Waals surface area (Å²) in [6, 6.07) is 0. The average Bonchev–Trinajstić information content (AvgIpc) is 1.48. The Hall–Kier alpha value is -0.610. The molecule has 0 heterocycles. The molecule has 0 saturated heterocycles. The monoisotopic (exact) mass is 175 g/mol. The topological polar surface area (TPSA) is 60.4 Å². The fourth-order valence-corrected chi connectivity index (χ4v) is 1.39. The molecule has 0 amide bonds. The van der Waals surface area contributed by atoms with E-state index in [1.807, 2.05) is 21.1 Å². The van der Waals surface area contributed by atoms with E-state index in [4.69, 9.17) is 0 Å². The van der Waals surface area contributed by atoms with Crippen molar-refractivity contribution in [1.82, 2.24) is 0 Å². The van der Waals surface area contributed by atoms with E-state index in [2.05, 4.69) is 0 Å². The number of likely N-dealkylation sites (N-methyl/N-ethyl adjacent to an activating group) is 1. The van der Waals surface area contributed by atoms with Crippen molar-refractivity contribution < 1.29 is 19.5 Å². The normalized spacial score (nSPS) is 17.1. The van der Waals surface area contributed by atoms with Crippen molar-refractivity contribution in [3.05, 3.63) is 0 Å². The van der Waals surface area contributed by atoms with Gasteiger partial charge in [0.15, 0.2) is 0 Å². The maximum Gasteiger partial charge on any atom is 0.116 e. The fraction of sp³-hybridized carbons (Fsp3) is 0.875. The Bertz CT molecular complexity index is 170. The molecule has 0 aliphatic heterocycles. The highest BCUT2D eigenvalue weighted by Gasteiger charge is 2.28. The van der Waals surface area contributed by atoms with Crippen LogP contribution in [0.3, 0.4) is 0 Å². The number of aliphatic hydroxyl groups is 1. The van der Waals surface area contributed by atoms with Gasteiger partial charge in [-0.05, 0) is 6.92 Å². The van der Waals surface area contributed by atoms with Gasteiger partial charge in [-0.2, -0.15) is 0 Å². The standard InChI is InChI=1S/C8H17NO3/c1-8(12,5-7(10)11)6-9(2,3)4/h12H,5-6H2,1-4H3/t8-/m1/s1. The molecule has 0 spiro atoms. The third-order valence-electron chi connectivity index (χ3n) is 1.34. The maximum absolute atomic E-state index is 10.2. The third kappa shape index (κ3) is 6.12. The number of hydrogen-bond acceptors (Lipinski definition) is 3. The van der Waals surface area contributed by atoms with Gasteiger partial charge in [-0.25, -0.2) is 0 Å². The van der Waals surface area contributed by atoms with Crippen LogP contribution in [0.15, 0.2) is 0 Å². The molecule has 0 saturated carbocycles. The van der Waals surface area contributed by atoms with Crippen molar-refractivity contribution in [3.63, 3.8) is 0 Å². The molecule has 12 heavy (non-hydrogen) atoms. The largest absolute Gasteiger partial charge is 0.550 e. The molecular weight excluding hydrogens is 158 g/mol. The molecule has 72 valence electrons. The average molecular weight is 175 g/mol. The fourth-order valence-electron chi connectivity index (χ4n) is 1.39. The minimum atomic E-state index is -1.21. The summed E-state index contributed by atoms with van der Waals surface area (Å²) in [4.78, 5) is 10.2. The van der Waals surface area contributed by atoms with Crippen LogP contribution < -0.4 is 5.11 Å². The molecular formula is C8H17NO3. The number of carbonyl (C=O) groups is 1. The van der Waals surface area contributed by atoms with Gasteiger partial charge in [-0.1, -0.05) is 0 Å². The van der Waals surface area contributed by atoms with E-state index in [9.17, 15) is 15.0 Å². The maximum atomic E-state index is 10.2. The van der Waals surface area contributed by atoms with Crippen LogP contribution in [0.4, 0.5) is 0 Å². The highest BCUT2D eigenvalue weighted by Crippen LogP contribution is 2.12. The number of quaternary nitrogens is 1. The molecule has 0 aliphatic rings. The van der Waals surface area contributed by atoms with Crippen LogP contribution in [0.25, 0.3) is 0 Å². The zero-order valence-electron chi connectivity index (χ0n) is 8.13. The van der Waals surface area contributed by atoms with Crippen molar-refractivity contribution >= 4 is 5.97 Å². The smallest absolute Gasteiger partial charge is 0.116 e. The summed E-state index contributed by atoms with van der Waals surface area (Å²) < 4.78 is 0.528. The Kier molecular flexibility index (Phi) is 3.24. The van der Waals surface area contributed by atoms with Crippen LogP contribution in [0, 0.1) is 0 Å². The Balaban J connectivity index is 4.13. The highest BCUT2D eigenvalue weighted by atomic mass is 16.4. The van der Waals surface area contributed by atoms with Crippen LogP contribution in [-0.4, -0.2) is 48.8 Å². The number of nitrogens with zero attached hydrogens (tertiary/aromatic N) is 1. The number of carboxylic acid groups (broad SMARTS) is 1. The predicted molar refractivity (Wildman–Crippen MR) is 43.1 cm³/mol. The highest BCUT2D eigenvalue weighted by molar-refractivity contribution is 5.65. The SMILES string of the molecule is C[C@@](O)(CC(=O)[O-])C[N+](C)(C)C. The second-order valence-electron chi connectivity index (χ2n) is 4.49. The number of aliphatic carboxylic acids is 1. The van der Waals surface area contributed by atoms with E-state index < -0.39 is 11.6 Å². The summed E-state index contributed by atoms with van der Waals surface area (Å²) in [7, 11) is 5.68. The van der Waals surface area contributed by atoms with Gasteiger partial charge < -0.3 is 19.5 Å². The van der Waals surface area contributed by atoms with Gasteiger partial charge in [0, 0.05) is 12.4 Å². The quantitative estimate of drug-likeness (QED) is 0.534. The molecule has 0 bridgehead atoms. The Morgan fingerprint density at radius 3 is 2.17 bits per heavy atom. The van der Waals surface area contributed by atoms with E-state index in [-0.39, 0.29) is 6.42 Å². The molecule has 4 heteroatoms. The van der Waals surface area contributed by atoms with E-state index in [1.165, 1.54) is 6.92 Å². The zero-order chi connectivity index (χ0) is 9.99. The first-order chi connectivity index (χ1) is 5.12. The molecule has 0 aromatic rings. The minimum absolute atomic E-state index is 0.317. The lowest BCUT2D eigenvalue weighted by Gasteiger charge is -2.33. The van der Waals surface area contributed by atoms with Crippen molar-refractivity contribution in [2.75, 3.05) is 27.7 Å². The number of carbonyl (C=O) groups excluding carboxylic acids is 1. The molecule has 0 fully saturated rings. The molecule has 0 aromatic heterocycles. The molecule has 4 nitrogen and oxygen atoms in total. The summed E-state index contributed by atoms with van der Waals surface area (Å²) in [5.41, 5.74) is -1.18. The van der Waals surface area contributed by atoms with Gasteiger partial charge in [0.1, 0.15) is 12.1 Å². The van der Waals surface area contributed by atoms with Crippen LogP contribution in [0.5, 0.6) is 0 Å². The Labute approximate surface area is 73.0 Å². The first-order valence-corrected chi connectivity index (χ1v) is 3.85. The lowest BCUT2D eigenvalue weighted by atomic mass is 10.0. The molecule has 0 aliphatic carbocycles. The van der Waals surface area contributed by atoms with Crippen molar-refractivity contribution in [3.8, 4) is 0 Å². The van der Waals surface area contributed by atoms with Gasteiger partial charge in [0.05, 0.1) is 21.1 Å². The van der Waals surface area contributed by atoms with Gasteiger partial charge in [0.2, 0.25) is 0 Å². The predicted octanol–water partition coefficient (Wildman–Crippen LogP) is -1.42. The molecule has 0 unspecified atom stereocenters. The van der Waals surface area contributed by atoms with Gasteiger partial charge >= 0.3 is 0 Å². The third-order valence-corrected chi connectivity index (χ3v) is 1.34. The summed E-state index contributed by atoms with van der Waals surface area (Å²) in [6.07, 6.45) is -0.317. The van der Waals surface area contributed by atoms with E-state index in [1.54, 1.807) is 0 Å². The lowest BCUT2D eigenvalue weighted by molar-refractivity contribution is -0.876. The van der Waals surface area contributed by atoms with Crippen LogP contribution in [0.2, 0.25) is 0 Å². The Morgan fingerprint density at radius 2 is 1.92 bits per heavy atom. The van der Waals surface area contributed by atoms with Crippen LogP contribution in [0.1, 0.15) is 13.3 Å². The van der Waals surface area contributed by atoms with Gasteiger partial charge in [-0.3, -0.25) is 0 Å². The van der Waals surface area contributed by atoms with Crippen molar-refractivity contribution in [2.45, 2.75) is 18.9 Å². The number of hydrogen-bond donors (Lipinski definition) is 1. The molecule has 0 aromatic carbocycles. The van der Waals surface area contributed by atoms with E-state index in [0.29, 0.717) is 11.0 Å². The summed E-state index contributed by atoms with van der Waals surface area (Å²) >= 11 is 0. The van der Waals surface area contributed by atoms with Crippen molar-refractivity contribution in [1.29, 1.82) is 0 Å². The summed E-state index contributed by atoms with van der Waals surface area (Å²) in [6.45, 7) is 1.90. The Morgan fingerprint density at radius 1 is 1.50 bits per heavy atom. The second-order valence-corrected chi connectivity index (χ2v) is 4.49. The molecule has 1 N–H and O–H groups in total. The van der Waals surface area contributed by atoms with Gasteiger partial charge in [0.25, 0.3) is 0 Å². The number of carboxylic acids is 1. The molecule has 0 radical (unpaired) electrons. The van der Waals surface area contributed by atoms with E-state index >= 15 is 0 Å². The minimum Gasteiger partial charge on any atom is -0.550 e. The van der Waals surface area contributed by atoms with Crippen LogP contribution >= 0.6 is 0 Å². The summed E-state index contributed by atoms with van der Waals surface area (Å²) in [5.74, 6) is -1.21. The van der Waals surface area contributed by atoms with Gasteiger partial charge in [-0.15, -0.1) is 0 Å². The van der Waals surface area contributed by atoms with Crippen molar-refractivity contribution in [2.24, 2.45) is 0 Å². The van der Waals surface area contributed by atoms with E-state index in [0.717, 1.165) is 0 Å². The first-order valence-electron chi connectivity index (χ1n) is 3.85. The molecule has 0 rings (SSSR count). The zero-order valence-corrected chi connectivity index (χ0v) is 8.13.